The van der Waals surface area contributed by atoms with Gasteiger partial charge in [0.2, 0.25) is 0 Å². The van der Waals surface area contributed by atoms with E-state index in [-0.39, 0.29) is 22.8 Å². The fraction of sp³-hybridized carbons (Fsp3) is 0.263. The van der Waals surface area contributed by atoms with E-state index in [4.69, 9.17) is 0 Å². The van der Waals surface area contributed by atoms with Gasteiger partial charge in [0, 0.05) is 36.1 Å². The number of hydrogen-bond acceptors (Lipinski definition) is 7. The number of sulfone groups is 1. The summed E-state index contributed by atoms with van der Waals surface area (Å²) < 4.78 is 23.0. The molecule has 1 aliphatic rings. The maximum absolute atomic E-state index is 12.5. The second kappa shape index (κ2) is 7.62. The number of benzene rings is 1. The van der Waals surface area contributed by atoms with Gasteiger partial charge in [-0.1, -0.05) is 12.1 Å². The van der Waals surface area contributed by atoms with Crippen molar-refractivity contribution in [3.63, 3.8) is 0 Å². The third-order valence-electron chi connectivity index (χ3n) is 4.91. The van der Waals surface area contributed by atoms with Crippen molar-refractivity contribution in [1.29, 1.82) is 0 Å². The topological polar surface area (TPSA) is 120 Å². The van der Waals surface area contributed by atoms with Gasteiger partial charge in [0.1, 0.15) is 11.3 Å². The molecule has 152 valence electrons. The molecule has 10 heteroatoms. The first kappa shape index (κ1) is 19.6. The molecule has 0 aliphatic carbocycles. The quantitative estimate of drug-likeness (QED) is 0.577. The Morgan fingerprint density at radius 2 is 1.86 bits per heavy atom. The van der Waals surface area contributed by atoms with Crippen molar-refractivity contribution in [2.24, 2.45) is 0 Å². The van der Waals surface area contributed by atoms with Gasteiger partial charge in [-0.15, -0.1) is 11.3 Å². The van der Waals surface area contributed by atoms with Crippen LogP contribution in [0, 0.1) is 0 Å². The van der Waals surface area contributed by atoms with Gasteiger partial charge in [0.25, 0.3) is 11.5 Å². The molecule has 4 rings (SSSR count). The van der Waals surface area contributed by atoms with Crippen molar-refractivity contribution in [2.75, 3.05) is 29.9 Å². The molecule has 0 bridgehead atoms. The van der Waals surface area contributed by atoms with E-state index in [1.54, 1.807) is 22.9 Å². The van der Waals surface area contributed by atoms with Gasteiger partial charge in [-0.2, -0.15) is 0 Å². The number of thiophene rings is 1. The average molecular weight is 434 g/mol. The van der Waals surface area contributed by atoms with Crippen LogP contribution < -0.4 is 10.9 Å². The monoisotopic (exact) mass is 433 g/mol. The van der Waals surface area contributed by atoms with E-state index in [9.17, 15) is 23.1 Å². The first-order chi connectivity index (χ1) is 13.8. The number of hydrogen-bond donors (Lipinski definition) is 3. The van der Waals surface area contributed by atoms with Crippen LogP contribution >= 0.6 is 11.3 Å². The molecule has 0 atom stereocenters. The molecule has 0 radical (unpaired) electrons. The van der Waals surface area contributed by atoms with Crippen molar-refractivity contribution >= 4 is 43.7 Å². The Bertz CT molecular complexity index is 1210. The van der Waals surface area contributed by atoms with Crippen molar-refractivity contribution < 1.29 is 18.3 Å². The molecular formula is C19H19N3O5S2. The molecule has 1 saturated heterocycles. The number of H-pyrrole nitrogens is 1. The standard InChI is InChI=1S/C19H19N3O5S2/c23-17-14-10-28-11-15(14)21-19(25)16(17)18(24)20-13-3-1-12(2-4-13)9-22-5-7-29(26,27)8-6-22/h1-4,10-11,23H,5-9H2,(H,20,24)(H,21,25). The number of nitrogens with zero attached hydrogens (tertiary/aromatic N) is 1. The normalized spacial score (nSPS) is 16.7. The number of carbonyl (C=O) groups excluding carboxylic acids is 1. The van der Waals surface area contributed by atoms with Crippen LogP contribution in [-0.2, 0) is 16.4 Å². The Morgan fingerprint density at radius 1 is 1.17 bits per heavy atom. The number of anilines is 1. The Labute approximate surface area is 170 Å². The van der Waals surface area contributed by atoms with E-state index in [0.717, 1.165) is 5.56 Å². The fourth-order valence-electron chi connectivity index (χ4n) is 3.27. The summed E-state index contributed by atoms with van der Waals surface area (Å²) in [6.45, 7) is 1.64. The molecule has 1 amide bonds. The highest BCUT2D eigenvalue weighted by molar-refractivity contribution is 7.91. The van der Waals surface area contributed by atoms with E-state index in [1.165, 1.54) is 11.3 Å². The molecule has 0 saturated carbocycles. The lowest BCUT2D eigenvalue weighted by atomic mass is 10.1. The maximum Gasteiger partial charge on any atom is 0.265 e. The summed E-state index contributed by atoms with van der Waals surface area (Å²) in [7, 11) is -2.91. The minimum atomic E-state index is -2.91. The lowest BCUT2D eigenvalue weighted by Gasteiger charge is -2.26. The maximum atomic E-state index is 12.5. The molecule has 0 unspecified atom stereocenters. The van der Waals surface area contributed by atoms with Crippen molar-refractivity contribution in [3.05, 3.63) is 56.5 Å². The lowest BCUT2D eigenvalue weighted by Crippen LogP contribution is -2.39. The number of amides is 1. The van der Waals surface area contributed by atoms with E-state index >= 15 is 0 Å². The van der Waals surface area contributed by atoms with Crippen LogP contribution in [0.2, 0.25) is 0 Å². The summed E-state index contributed by atoms with van der Waals surface area (Å²) >= 11 is 1.32. The molecule has 3 aromatic rings. The van der Waals surface area contributed by atoms with E-state index in [2.05, 4.69) is 15.2 Å². The van der Waals surface area contributed by atoms with Gasteiger partial charge in [-0.05, 0) is 17.7 Å². The predicted octanol–water partition coefficient (Wildman–Crippen LogP) is 1.78. The summed E-state index contributed by atoms with van der Waals surface area (Å²) in [6.07, 6.45) is 0. The molecule has 1 fully saturated rings. The summed E-state index contributed by atoms with van der Waals surface area (Å²) in [5, 5.41) is 16.7. The van der Waals surface area contributed by atoms with Crippen molar-refractivity contribution in [2.45, 2.75) is 6.54 Å². The third kappa shape index (κ3) is 4.19. The number of aromatic nitrogens is 1. The van der Waals surface area contributed by atoms with E-state index < -0.39 is 21.3 Å². The van der Waals surface area contributed by atoms with Gasteiger partial charge in [-0.25, -0.2) is 8.42 Å². The number of rotatable bonds is 4. The summed E-state index contributed by atoms with van der Waals surface area (Å²) in [5.41, 5.74) is 0.993. The number of aromatic hydroxyl groups is 1. The Kier molecular flexibility index (Phi) is 5.15. The molecule has 3 heterocycles. The van der Waals surface area contributed by atoms with Crippen molar-refractivity contribution in [1.82, 2.24) is 9.88 Å². The molecule has 2 aromatic heterocycles. The van der Waals surface area contributed by atoms with Crippen LogP contribution in [0.4, 0.5) is 5.69 Å². The van der Waals surface area contributed by atoms with Crippen LogP contribution in [0.3, 0.4) is 0 Å². The van der Waals surface area contributed by atoms with Gasteiger partial charge >= 0.3 is 0 Å². The number of aromatic amines is 1. The zero-order chi connectivity index (χ0) is 20.6. The molecule has 3 N–H and O–H groups in total. The van der Waals surface area contributed by atoms with E-state index in [1.807, 2.05) is 12.1 Å². The number of pyridine rings is 1. The molecule has 29 heavy (non-hydrogen) atoms. The lowest BCUT2D eigenvalue weighted by molar-refractivity contribution is 0.102. The highest BCUT2D eigenvalue weighted by Gasteiger charge is 2.22. The Balaban J connectivity index is 1.45. The molecule has 1 aromatic carbocycles. The van der Waals surface area contributed by atoms with Crippen LogP contribution in [0.1, 0.15) is 15.9 Å². The largest absolute Gasteiger partial charge is 0.506 e. The van der Waals surface area contributed by atoms with Gasteiger partial charge in [0.05, 0.1) is 22.4 Å². The van der Waals surface area contributed by atoms with Crippen LogP contribution in [0.5, 0.6) is 5.75 Å². The fourth-order valence-corrected chi connectivity index (χ4v) is 5.31. The molecule has 1 aliphatic heterocycles. The first-order valence-corrected chi connectivity index (χ1v) is 11.7. The minimum absolute atomic E-state index is 0.174. The Hall–Kier alpha value is -2.69. The first-order valence-electron chi connectivity index (χ1n) is 8.96. The second-order valence-corrected chi connectivity index (χ2v) is 10.0. The van der Waals surface area contributed by atoms with Gasteiger partial charge < -0.3 is 15.4 Å². The zero-order valence-electron chi connectivity index (χ0n) is 15.3. The number of fused-ring (bicyclic) bond motifs is 1. The molecule has 0 spiro atoms. The minimum Gasteiger partial charge on any atom is -0.506 e. The number of nitrogens with one attached hydrogen (secondary N) is 2. The van der Waals surface area contributed by atoms with Gasteiger partial charge in [-0.3, -0.25) is 14.5 Å². The zero-order valence-corrected chi connectivity index (χ0v) is 17.0. The number of carbonyl (C=O) groups is 1. The smallest absolute Gasteiger partial charge is 0.265 e. The van der Waals surface area contributed by atoms with Crippen LogP contribution in [-0.4, -0.2) is 53.9 Å². The SMILES string of the molecule is O=C(Nc1ccc(CN2CCS(=O)(=O)CC2)cc1)c1c(O)c2cscc2[nH]c1=O. The average Bonchev–Trinajstić information content (AvgIpc) is 3.14. The summed E-state index contributed by atoms with van der Waals surface area (Å²) in [5.74, 6) is -0.675. The van der Waals surface area contributed by atoms with Crippen molar-refractivity contribution in [3.8, 4) is 5.75 Å². The van der Waals surface area contributed by atoms with E-state index in [0.29, 0.717) is 36.2 Å². The highest BCUT2D eigenvalue weighted by Crippen LogP contribution is 2.28. The summed E-state index contributed by atoms with van der Waals surface area (Å²) in [4.78, 5) is 29.4. The molecular weight excluding hydrogens is 414 g/mol. The van der Waals surface area contributed by atoms with Crippen LogP contribution in [0.25, 0.3) is 10.9 Å². The van der Waals surface area contributed by atoms with Gasteiger partial charge in [0.15, 0.2) is 9.84 Å². The molecule has 8 nitrogen and oxygen atoms in total. The van der Waals surface area contributed by atoms with Crippen LogP contribution in [0.15, 0.2) is 39.8 Å². The second-order valence-electron chi connectivity index (χ2n) is 6.96. The Morgan fingerprint density at radius 3 is 2.55 bits per heavy atom. The third-order valence-corrected chi connectivity index (χ3v) is 7.26. The highest BCUT2D eigenvalue weighted by atomic mass is 32.2. The predicted molar refractivity (Wildman–Crippen MR) is 112 cm³/mol. The summed E-state index contributed by atoms with van der Waals surface area (Å²) in [6, 6.07) is 7.10.